The van der Waals surface area contributed by atoms with Crippen LogP contribution < -0.4 is 4.74 Å². The van der Waals surface area contributed by atoms with Crippen molar-refractivity contribution in [3.05, 3.63) is 96.6 Å². The van der Waals surface area contributed by atoms with E-state index in [4.69, 9.17) is 4.74 Å². The van der Waals surface area contributed by atoms with Crippen LogP contribution >= 0.6 is 0 Å². The molecule has 0 spiro atoms. The van der Waals surface area contributed by atoms with Crippen molar-refractivity contribution in [3.63, 3.8) is 0 Å². The molecule has 0 aliphatic rings. The average Bonchev–Trinajstić information content (AvgIpc) is 3.33. The minimum Gasteiger partial charge on any atom is -0.487 e. The SMILES string of the molecule is O=C(O)c1cc(COc2ccc(-c3[nH]ncc3-c3ccncc3)cc2)nc2ccccc12. The van der Waals surface area contributed by atoms with Crippen molar-refractivity contribution >= 4 is 16.9 Å². The monoisotopic (exact) mass is 422 g/mol. The second-order valence-electron chi connectivity index (χ2n) is 7.19. The highest BCUT2D eigenvalue weighted by atomic mass is 16.5. The largest absolute Gasteiger partial charge is 0.487 e. The summed E-state index contributed by atoms with van der Waals surface area (Å²) in [6, 6.07) is 20.3. The van der Waals surface area contributed by atoms with E-state index in [1.165, 1.54) is 0 Å². The molecule has 32 heavy (non-hydrogen) atoms. The van der Waals surface area contributed by atoms with E-state index in [-0.39, 0.29) is 12.2 Å². The van der Waals surface area contributed by atoms with Crippen LogP contribution in [0.4, 0.5) is 0 Å². The summed E-state index contributed by atoms with van der Waals surface area (Å²) in [5.74, 6) is -0.329. The van der Waals surface area contributed by atoms with Gasteiger partial charge in [0.1, 0.15) is 12.4 Å². The molecule has 7 heteroatoms. The van der Waals surface area contributed by atoms with Gasteiger partial charge in [-0.15, -0.1) is 0 Å². The van der Waals surface area contributed by atoms with Crippen LogP contribution in [0.25, 0.3) is 33.3 Å². The van der Waals surface area contributed by atoms with Crippen LogP contribution in [0, 0.1) is 0 Å². The number of carboxylic acids is 1. The lowest BCUT2D eigenvalue weighted by Crippen LogP contribution is -2.04. The average molecular weight is 422 g/mol. The lowest BCUT2D eigenvalue weighted by molar-refractivity contribution is 0.0698. The second-order valence-corrected chi connectivity index (χ2v) is 7.19. The number of rotatable bonds is 6. The molecule has 0 saturated heterocycles. The number of benzene rings is 2. The molecular formula is C25H18N4O3. The van der Waals surface area contributed by atoms with E-state index in [0.717, 1.165) is 22.4 Å². The lowest BCUT2D eigenvalue weighted by atomic mass is 10.0. The predicted octanol–water partition coefficient (Wildman–Crippen LogP) is 4.96. The Hall–Kier alpha value is -4.52. The number of hydrogen-bond donors (Lipinski definition) is 2. The molecule has 0 amide bonds. The van der Waals surface area contributed by atoms with E-state index in [1.54, 1.807) is 42.9 Å². The van der Waals surface area contributed by atoms with Gasteiger partial charge in [0.15, 0.2) is 0 Å². The fraction of sp³-hybridized carbons (Fsp3) is 0.0400. The van der Waals surface area contributed by atoms with Gasteiger partial charge in [0.25, 0.3) is 0 Å². The van der Waals surface area contributed by atoms with Crippen LogP contribution in [0.3, 0.4) is 0 Å². The molecule has 156 valence electrons. The Labute approximate surface area is 183 Å². The van der Waals surface area contributed by atoms with Gasteiger partial charge in [-0.25, -0.2) is 9.78 Å². The lowest BCUT2D eigenvalue weighted by Gasteiger charge is -2.10. The number of para-hydroxylation sites is 1. The van der Waals surface area contributed by atoms with Crippen molar-refractivity contribution in [2.75, 3.05) is 0 Å². The summed E-state index contributed by atoms with van der Waals surface area (Å²) >= 11 is 0. The molecule has 3 heterocycles. The molecule has 5 aromatic rings. The van der Waals surface area contributed by atoms with E-state index in [2.05, 4.69) is 20.2 Å². The first kappa shape index (κ1) is 19.4. The standard InChI is InChI=1S/C25H18N4O3/c30-25(31)21-13-18(28-23-4-2-1-3-20(21)23)15-32-19-7-5-17(6-8-19)24-22(14-27-29-24)16-9-11-26-12-10-16/h1-14H,15H2,(H,27,29)(H,30,31). The fourth-order valence-electron chi connectivity index (χ4n) is 3.61. The third-order valence-electron chi connectivity index (χ3n) is 5.16. The number of aromatic carboxylic acids is 1. The maximum absolute atomic E-state index is 11.6. The Morgan fingerprint density at radius 2 is 1.75 bits per heavy atom. The van der Waals surface area contributed by atoms with Gasteiger partial charge in [-0.05, 0) is 54.1 Å². The number of hydrogen-bond acceptors (Lipinski definition) is 5. The Balaban J connectivity index is 1.36. The summed E-state index contributed by atoms with van der Waals surface area (Å²) in [6.07, 6.45) is 5.29. The fourth-order valence-corrected chi connectivity index (χ4v) is 3.61. The highest BCUT2D eigenvalue weighted by Crippen LogP contribution is 2.30. The molecule has 7 nitrogen and oxygen atoms in total. The molecular weight excluding hydrogens is 404 g/mol. The number of fused-ring (bicyclic) bond motifs is 1. The van der Waals surface area contributed by atoms with E-state index in [1.807, 2.05) is 42.5 Å². The summed E-state index contributed by atoms with van der Waals surface area (Å²) < 4.78 is 5.87. The van der Waals surface area contributed by atoms with Crippen LogP contribution in [-0.4, -0.2) is 31.2 Å². The van der Waals surface area contributed by atoms with Gasteiger partial charge in [0.05, 0.1) is 28.7 Å². The number of nitrogens with one attached hydrogen (secondary N) is 1. The number of aromatic nitrogens is 4. The molecule has 0 radical (unpaired) electrons. The molecule has 0 aliphatic heterocycles. The first-order chi connectivity index (χ1) is 15.7. The van der Waals surface area contributed by atoms with Crippen molar-refractivity contribution in [1.29, 1.82) is 0 Å². The van der Waals surface area contributed by atoms with Gasteiger partial charge in [-0.2, -0.15) is 5.10 Å². The van der Waals surface area contributed by atoms with Crippen molar-refractivity contribution in [2.45, 2.75) is 6.61 Å². The van der Waals surface area contributed by atoms with Gasteiger partial charge in [-0.3, -0.25) is 10.1 Å². The van der Waals surface area contributed by atoms with E-state index < -0.39 is 5.97 Å². The van der Waals surface area contributed by atoms with Crippen molar-refractivity contribution < 1.29 is 14.6 Å². The van der Waals surface area contributed by atoms with E-state index >= 15 is 0 Å². The smallest absolute Gasteiger partial charge is 0.336 e. The molecule has 0 saturated carbocycles. The van der Waals surface area contributed by atoms with Gasteiger partial charge < -0.3 is 9.84 Å². The highest BCUT2D eigenvalue weighted by molar-refractivity contribution is 6.02. The van der Waals surface area contributed by atoms with Crippen LogP contribution in [0.1, 0.15) is 16.1 Å². The number of H-pyrrole nitrogens is 1. The van der Waals surface area contributed by atoms with Gasteiger partial charge in [-0.1, -0.05) is 18.2 Å². The highest BCUT2D eigenvalue weighted by Gasteiger charge is 2.13. The summed E-state index contributed by atoms with van der Waals surface area (Å²) in [5.41, 5.74) is 5.29. The quantitative estimate of drug-likeness (QED) is 0.401. The Bertz CT molecular complexity index is 1400. The number of nitrogens with zero attached hydrogens (tertiary/aromatic N) is 3. The zero-order chi connectivity index (χ0) is 21.9. The molecule has 0 aliphatic carbocycles. The normalized spacial score (nSPS) is 10.9. The van der Waals surface area contributed by atoms with Crippen LogP contribution in [0.2, 0.25) is 0 Å². The van der Waals surface area contributed by atoms with Crippen LogP contribution in [-0.2, 0) is 6.61 Å². The van der Waals surface area contributed by atoms with Crippen LogP contribution in [0.5, 0.6) is 5.75 Å². The molecule has 2 aromatic carbocycles. The molecule has 2 N–H and O–H groups in total. The van der Waals surface area contributed by atoms with Gasteiger partial charge in [0, 0.05) is 28.9 Å². The van der Waals surface area contributed by atoms with Gasteiger partial charge in [0.2, 0.25) is 0 Å². The number of ether oxygens (including phenoxy) is 1. The maximum atomic E-state index is 11.6. The molecule has 0 bridgehead atoms. The number of aromatic amines is 1. The van der Waals surface area contributed by atoms with E-state index in [0.29, 0.717) is 22.3 Å². The zero-order valence-corrected chi connectivity index (χ0v) is 16.9. The summed E-state index contributed by atoms with van der Waals surface area (Å²) in [5, 5.41) is 17.4. The third kappa shape index (κ3) is 3.79. The number of carbonyl (C=O) groups is 1. The minimum atomic E-state index is -0.987. The number of pyridine rings is 2. The summed E-state index contributed by atoms with van der Waals surface area (Å²) in [7, 11) is 0. The zero-order valence-electron chi connectivity index (χ0n) is 16.9. The third-order valence-corrected chi connectivity index (χ3v) is 5.16. The Morgan fingerprint density at radius 3 is 2.53 bits per heavy atom. The topological polar surface area (TPSA) is 101 Å². The molecule has 0 unspecified atom stereocenters. The first-order valence-corrected chi connectivity index (χ1v) is 9.98. The van der Waals surface area contributed by atoms with Crippen molar-refractivity contribution in [3.8, 4) is 28.1 Å². The number of carboxylic acid groups (broad SMARTS) is 1. The Kier molecular flexibility index (Phi) is 5.05. The predicted molar refractivity (Wildman–Crippen MR) is 120 cm³/mol. The van der Waals surface area contributed by atoms with E-state index in [9.17, 15) is 9.90 Å². The first-order valence-electron chi connectivity index (χ1n) is 9.98. The minimum absolute atomic E-state index is 0.163. The maximum Gasteiger partial charge on any atom is 0.336 e. The van der Waals surface area contributed by atoms with Crippen molar-refractivity contribution in [2.24, 2.45) is 0 Å². The second kappa shape index (κ2) is 8.31. The summed E-state index contributed by atoms with van der Waals surface area (Å²) in [6.45, 7) is 0.163. The summed E-state index contributed by atoms with van der Waals surface area (Å²) in [4.78, 5) is 20.2. The van der Waals surface area contributed by atoms with Gasteiger partial charge >= 0.3 is 5.97 Å². The molecule has 0 atom stereocenters. The molecule has 3 aromatic heterocycles. The Morgan fingerprint density at radius 1 is 0.969 bits per heavy atom. The van der Waals surface area contributed by atoms with Crippen molar-refractivity contribution in [1.82, 2.24) is 20.2 Å². The van der Waals surface area contributed by atoms with Crippen LogP contribution in [0.15, 0.2) is 85.3 Å². The molecule has 0 fully saturated rings. The molecule has 5 rings (SSSR count).